The average molecular weight is 385 g/mol. The van der Waals surface area contributed by atoms with Crippen molar-refractivity contribution in [1.29, 1.82) is 0 Å². The number of aliphatic hydroxyl groups excluding tert-OH is 1. The molecule has 2 aromatic carbocycles. The predicted molar refractivity (Wildman–Crippen MR) is 104 cm³/mol. The van der Waals surface area contributed by atoms with Gasteiger partial charge in [-0.2, -0.15) is 4.80 Å². The van der Waals surface area contributed by atoms with E-state index in [-0.39, 0.29) is 23.9 Å². The van der Waals surface area contributed by atoms with Gasteiger partial charge in [0.05, 0.1) is 12.3 Å². The highest BCUT2D eigenvalue weighted by molar-refractivity contribution is 6.30. The third kappa shape index (κ3) is 5.15. The summed E-state index contributed by atoms with van der Waals surface area (Å²) in [6, 6.07) is 17.2. The van der Waals surface area contributed by atoms with Crippen molar-refractivity contribution in [3.8, 4) is 5.69 Å². The first-order chi connectivity index (χ1) is 13.2. The smallest absolute Gasteiger partial charge is 0.273 e. The lowest BCUT2D eigenvalue weighted by atomic mass is 10.1. The molecule has 7 heteroatoms. The van der Waals surface area contributed by atoms with Crippen molar-refractivity contribution in [3.63, 3.8) is 0 Å². The number of hydrogen-bond acceptors (Lipinski definition) is 4. The van der Waals surface area contributed by atoms with Crippen LogP contribution in [-0.2, 0) is 13.0 Å². The van der Waals surface area contributed by atoms with Crippen LogP contribution in [0, 0.1) is 0 Å². The van der Waals surface area contributed by atoms with Crippen molar-refractivity contribution in [2.24, 2.45) is 0 Å². The van der Waals surface area contributed by atoms with Crippen molar-refractivity contribution in [2.45, 2.75) is 25.9 Å². The van der Waals surface area contributed by atoms with Gasteiger partial charge in [0.2, 0.25) is 0 Å². The highest BCUT2D eigenvalue weighted by atomic mass is 35.5. The van der Waals surface area contributed by atoms with Gasteiger partial charge in [0.15, 0.2) is 5.69 Å². The summed E-state index contributed by atoms with van der Waals surface area (Å²) in [5.41, 5.74) is 2.33. The topological polar surface area (TPSA) is 80.0 Å². The summed E-state index contributed by atoms with van der Waals surface area (Å²) in [7, 11) is 0. The van der Waals surface area contributed by atoms with Gasteiger partial charge in [-0.1, -0.05) is 41.9 Å². The minimum Gasteiger partial charge on any atom is -0.390 e. The molecule has 0 unspecified atom stereocenters. The molecule has 27 heavy (non-hydrogen) atoms. The number of amides is 1. The zero-order valence-corrected chi connectivity index (χ0v) is 15.6. The first-order valence-electron chi connectivity index (χ1n) is 8.82. The van der Waals surface area contributed by atoms with Crippen LogP contribution in [0.25, 0.3) is 5.69 Å². The van der Waals surface area contributed by atoms with Gasteiger partial charge in [0.25, 0.3) is 5.91 Å². The predicted octanol–water partition coefficient (Wildman–Crippen LogP) is 3.17. The van der Waals surface area contributed by atoms with E-state index in [4.69, 9.17) is 11.6 Å². The molecule has 0 saturated heterocycles. The first kappa shape index (κ1) is 19.1. The molecule has 0 radical (unpaired) electrons. The minimum absolute atomic E-state index is 0.135. The van der Waals surface area contributed by atoms with Crippen molar-refractivity contribution in [3.05, 3.63) is 76.6 Å². The lowest BCUT2D eigenvalue weighted by Crippen LogP contribution is -2.26. The van der Waals surface area contributed by atoms with Gasteiger partial charge in [0.1, 0.15) is 5.69 Å². The first-order valence-corrected chi connectivity index (χ1v) is 9.20. The van der Waals surface area contributed by atoms with Gasteiger partial charge in [-0.25, -0.2) is 0 Å². The number of hydrogen-bond donors (Lipinski definition) is 2. The summed E-state index contributed by atoms with van der Waals surface area (Å²) in [6.45, 7) is 0.189. The molecule has 0 aliphatic heterocycles. The maximum atomic E-state index is 12.4. The second kappa shape index (κ2) is 9.30. The van der Waals surface area contributed by atoms with E-state index < -0.39 is 0 Å². The van der Waals surface area contributed by atoms with Gasteiger partial charge in [-0.05, 0) is 49.1 Å². The Hall–Kier alpha value is -2.70. The molecular weight excluding hydrogens is 364 g/mol. The molecule has 6 nitrogen and oxygen atoms in total. The Morgan fingerprint density at radius 3 is 2.48 bits per heavy atom. The Balaban J connectivity index is 1.55. The summed E-state index contributed by atoms with van der Waals surface area (Å²) < 4.78 is 0. The molecular formula is C20H21ClN4O2. The summed E-state index contributed by atoms with van der Waals surface area (Å²) >= 11 is 5.88. The number of nitrogens with zero attached hydrogens (tertiary/aromatic N) is 3. The van der Waals surface area contributed by atoms with Crippen LogP contribution in [0.2, 0.25) is 5.02 Å². The molecule has 0 bridgehead atoms. The number of halogens is 1. The zero-order chi connectivity index (χ0) is 19.1. The van der Waals surface area contributed by atoms with E-state index in [1.165, 1.54) is 10.4 Å². The SMILES string of the molecule is O=C(NCCCCc1ccccc1)c1nn(-c2ccc(Cl)cc2)nc1CO. The number of aromatic nitrogens is 3. The van der Waals surface area contributed by atoms with Gasteiger partial charge in [-0.15, -0.1) is 10.2 Å². The molecule has 0 aliphatic rings. The average Bonchev–Trinajstić information content (AvgIpc) is 3.13. The molecule has 2 N–H and O–H groups in total. The Kier molecular flexibility index (Phi) is 6.57. The largest absolute Gasteiger partial charge is 0.390 e. The molecule has 3 rings (SSSR count). The Labute approximate surface area is 162 Å². The lowest BCUT2D eigenvalue weighted by Gasteiger charge is -2.04. The van der Waals surface area contributed by atoms with Crippen molar-refractivity contribution < 1.29 is 9.90 Å². The number of carbonyl (C=O) groups excluding carboxylic acids is 1. The van der Waals surface area contributed by atoms with Crippen LogP contribution in [0.3, 0.4) is 0 Å². The number of rotatable bonds is 8. The van der Waals surface area contributed by atoms with E-state index in [0.29, 0.717) is 17.3 Å². The molecule has 1 aromatic heterocycles. The molecule has 0 spiro atoms. The van der Waals surface area contributed by atoms with E-state index in [9.17, 15) is 9.90 Å². The van der Waals surface area contributed by atoms with Crippen LogP contribution in [-0.4, -0.2) is 32.6 Å². The van der Waals surface area contributed by atoms with E-state index in [1.54, 1.807) is 24.3 Å². The number of carbonyl (C=O) groups is 1. The Morgan fingerprint density at radius 1 is 1.04 bits per heavy atom. The highest BCUT2D eigenvalue weighted by Gasteiger charge is 2.18. The standard InChI is InChI=1S/C20H21ClN4O2/c21-16-9-11-17(12-10-16)25-23-18(14-26)19(24-25)20(27)22-13-5-4-8-15-6-2-1-3-7-15/h1-3,6-7,9-12,26H,4-5,8,13-14H2,(H,22,27). The van der Waals surface area contributed by atoms with E-state index >= 15 is 0 Å². The molecule has 1 heterocycles. The molecule has 0 aliphatic carbocycles. The zero-order valence-electron chi connectivity index (χ0n) is 14.8. The maximum absolute atomic E-state index is 12.4. The van der Waals surface area contributed by atoms with Crippen LogP contribution in [0.4, 0.5) is 0 Å². The monoisotopic (exact) mass is 384 g/mol. The number of benzene rings is 2. The van der Waals surface area contributed by atoms with Crippen LogP contribution >= 0.6 is 11.6 Å². The fourth-order valence-corrected chi connectivity index (χ4v) is 2.82. The second-order valence-corrected chi connectivity index (χ2v) is 6.55. The van der Waals surface area contributed by atoms with Crippen LogP contribution in [0.1, 0.15) is 34.6 Å². The third-order valence-corrected chi connectivity index (χ3v) is 4.38. The molecule has 0 atom stereocenters. The molecule has 1 amide bonds. The van der Waals surface area contributed by atoms with Crippen molar-refractivity contribution >= 4 is 17.5 Å². The fourth-order valence-electron chi connectivity index (χ4n) is 2.69. The second-order valence-electron chi connectivity index (χ2n) is 6.12. The van der Waals surface area contributed by atoms with E-state index in [1.807, 2.05) is 18.2 Å². The quantitative estimate of drug-likeness (QED) is 0.584. The third-order valence-electron chi connectivity index (χ3n) is 4.13. The van der Waals surface area contributed by atoms with Gasteiger partial charge in [0, 0.05) is 11.6 Å². The lowest BCUT2D eigenvalue weighted by molar-refractivity contribution is 0.0944. The molecule has 0 saturated carbocycles. The summed E-state index contributed by atoms with van der Waals surface area (Å²) in [5, 5.41) is 21.3. The molecule has 140 valence electrons. The highest BCUT2D eigenvalue weighted by Crippen LogP contribution is 2.14. The van der Waals surface area contributed by atoms with Crippen LogP contribution in [0.15, 0.2) is 54.6 Å². The normalized spacial score (nSPS) is 10.7. The number of nitrogens with one attached hydrogen (secondary N) is 1. The minimum atomic E-state index is -0.357. The molecule has 3 aromatic rings. The summed E-state index contributed by atoms with van der Waals surface area (Å²) in [4.78, 5) is 13.7. The Bertz CT molecular complexity index is 879. The summed E-state index contributed by atoms with van der Waals surface area (Å²) in [6.07, 6.45) is 2.82. The Morgan fingerprint density at radius 2 is 1.78 bits per heavy atom. The molecule has 0 fully saturated rings. The van der Waals surface area contributed by atoms with E-state index in [0.717, 1.165) is 19.3 Å². The van der Waals surface area contributed by atoms with Crippen LogP contribution < -0.4 is 5.32 Å². The summed E-state index contributed by atoms with van der Waals surface area (Å²) in [5.74, 6) is -0.334. The van der Waals surface area contributed by atoms with Gasteiger partial charge >= 0.3 is 0 Å². The number of aryl methyl sites for hydroxylation is 1. The fraction of sp³-hybridized carbons (Fsp3) is 0.250. The van der Waals surface area contributed by atoms with Crippen molar-refractivity contribution in [2.75, 3.05) is 6.54 Å². The number of unbranched alkanes of at least 4 members (excludes halogenated alkanes) is 1. The van der Waals surface area contributed by atoms with Crippen LogP contribution in [0.5, 0.6) is 0 Å². The maximum Gasteiger partial charge on any atom is 0.273 e. The van der Waals surface area contributed by atoms with Crippen molar-refractivity contribution in [1.82, 2.24) is 20.3 Å². The van der Waals surface area contributed by atoms with Gasteiger partial charge < -0.3 is 10.4 Å². The number of aliphatic hydroxyl groups is 1. The van der Waals surface area contributed by atoms with Gasteiger partial charge in [-0.3, -0.25) is 4.79 Å². The van der Waals surface area contributed by atoms with E-state index in [2.05, 4.69) is 27.6 Å².